The number of amides is 2. The molecule has 2 fully saturated rings. The number of carbonyl (C=O) groups is 2. The Bertz CT molecular complexity index is 392. The van der Waals surface area contributed by atoms with Crippen molar-refractivity contribution in [1.29, 1.82) is 0 Å². The summed E-state index contributed by atoms with van der Waals surface area (Å²) < 4.78 is 5.45. The lowest BCUT2D eigenvalue weighted by molar-refractivity contribution is -0.137. The first-order valence-corrected chi connectivity index (χ1v) is 7.48. The van der Waals surface area contributed by atoms with Crippen LogP contribution in [0.5, 0.6) is 0 Å². The molecule has 2 saturated heterocycles. The van der Waals surface area contributed by atoms with Crippen LogP contribution in [0.1, 0.15) is 20.3 Å². The Labute approximate surface area is 125 Å². The van der Waals surface area contributed by atoms with Crippen LogP contribution in [-0.2, 0) is 9.53 Å². The summed E-state index contributed by atoms with van der Waals surface area (Å²) in [4.78, 5) is 29.1. The lowest BCUT2D eigenvalue weighted by atomic mass is 10.0. The van der Waals surface area contributed by atoms with Crippen LogP contribution >= 0.6 is 0 Å². The molecule has 0 radical (unpaired) electrons. The summed E-state index contributed by atoms with van der Waals surface area (Å²) in [7, 11) is 0. The van der Waals surface area contributed by atoms with Crippen LogP contribution in [0.4, 0.5) is 4.79 Å². The highest BCUT2D eigenvalue weighted by Gasteiger charge is 2.37. The number of morpholine rings is 1. The molecule has 0 aromatic carbocycles. The molecule has 2 amide bonds. The molecule has 2 heterocycles. The van der Waals surface area contributed by atoms with E-state index in [0.29, 0.717) is 39.4 Å². The van der Waals surface area contributed by atoms with Crippen LogP contribution in [-0.4, -0.2) is 89.8 Å². The van der Waals surface area contributed by atoms with Crippen molar-refractivity contribution in [3.8, 4) is 0 Å². The normalized spacial score (nSPS) is 23.1. The van der Waals surface area contributed by atoms with Gasteiger partial charge in [-0.1, -0.05) is 0 Å². The second-order valence-electron chi connectivity index (χ2n) is 6.27. The van der Waals surface area contributed by atoms with Crippen LogP contribution < -0.4 is 0 Å². The number of hydrogen-bond acceptors (Lipinski definition) is 4. The Kier molecular flexibility index (Phi) is 5.05. The summed E-state index contributed by atoms with van der Waals surface area (Å²) >= 11 is 0. The zero-order chi connectivity index (χ0) is 15.5. The van der Waals surface area contributed by atoms with Gasteiger partial charge in [-0.15, -0.1) is 0 Å². The van der Waals surface area contributed by atoms with E-state index in [1.807, 2.05) is 23.6 Å². The fourth-order valence-electron chi connectivity index (χ4n) is 2.80. The predicted molar refractivity (Wildman–Crippen MR) is 77.3 cm³/mol. The van der Waals surface area contributed by atoms with Crippen molar-refractivity contribution in [3.05, 3.63) is 0 Å². The fraction of sp³-hybridized carbons (Fsp3) is 0.857. The van der Waals surface area contributed by atoms with E-state index in [4.69, 9.17) is 9.84 Å². The topological polar surface area (TPSA) is 73.3 Å². The quantitative estimate of drug-likeness (QED) is 0.812. The number of carboxylic acids is 1. The summed E-state index contributed by atoms with van der Waals surface area (Å²) in [6.45, 7) is 9.18. The van der Waals surface area contributed by atoms with E-state index in [0.717, 1.165) is 13.1 Å². The molecule has 0 aliphatic carbocycles. The molecule has 0 aromatic rings. The summed E-state index contributed by atoms with van der Waals surface area (Å²) in [5, 5.41) is 8.70. The van der Waals surface area contributed by atoms with Gasteiger partial charge in [-0.05, 0) is 13.8 Å². The van der Waals surface area contributed by atoms with Gasteiger partial charge in [-0.2, -0.15) is 0 Å². The molecule has 0 unspecified atom stereocenters. The van der Waals surface area contributed by atoms with Gasteiger partial charge >= 0.3 is 12.0 Å². The first-order valence-electron chi connectivity index (χ1n) is 7.48. The predicted octanol–water partition coefficient (Wildman–Crippen LogP) is 0.310. The minimum atomic E-state index is -0.774. The van der Waals surface area contributed by atoms with Gasteiger partial charge in [0.1, 0.15) is 0 Å². The van der Waals surface area contributed by atoms with Gasteiger partial charge in [-0.3, -0.25) is 9.69 Å². The molecule has 0 bridgehead atoms. The number of piperazine rings is 1. The number of ether oxygens (including phenoxy) is 1. The third-order valence-corrected chi connectivity index (χ3v) is 4.16. The molecule has 2 aliphatic heterocycles. The molecular weight excluding hydrogens is 274 g/mol. The zero-order valence-electron chi connectivity index (χ0n) is 12.9. The first-order chi connectivity index (χ1) is 9.90. The highest BCUT2D eigenvalue weighted by molar-refractivity contribution is 5.75. The first kappa shape index (κ1) is 16.0. The SMILES string of the molecule is CC1(C)COCCN1C(=O)N1CCN(CCC(=O)O)CC1. The molecule has 0 spiro atoms. The lowest BCUT2D eigenvalue weighted by Gasteiger charge is -2.45. The average molecular weight is 299 g/mol. The Morgan fingerprint density at radius 3 is 2.38 bits per heavy atom. The fourth-order valence-corrected chi connectivity index (χ4v) is 2.80. The zero-order valence-corrected chi connectivity index (χ0v) is 12.9. The van der Waals surface area contributed by atoms with E-state index in [2.05, 4.69) is 4.90 Å². The summed E-state index contributed by atoms with van der Waals surface area (Å²) in [6.07, 6.45) is 0.157. The van der Waals surface area contributed by atoms with Crippen molar-refractivity contribution >= 4 is 12.0 Å². The molecule has 0 saturated carbocycles. The third-order valence-electron chi connectivity index (χ3n) is 4.16. The lowest BCUT2D eigenvalue weighted by Crippen LogP contribution is -2.61. The average Bonchev–Trinajstić information content (AvgIpc) is 2.44. The van der Waals surface area contributed by atoms with E-state index >= 15 is 0 Å². The standard InChI is InChI=1S/C14H25N3O4/c1-14(2)11-21-10-9-17(14)13(20)16-7-5-15(6-8-16)4-3-12(18)19/h3-11H2,1-2H3,(H,18,19). The monoisotopic (exact) mass is 299 g/mol. The number of aliphatic carboxylic acids is 1. The van der Waals surface area contributed by atoms with Crippen LogP contribution in [0.2, 0.25) is 0 Å². The van der Waals surface area contributed by atoms with E-state index in [1.165, 1.54) is 0 Å². The maximum Gasteiger partial charge on any atom is 0.320 e. The van der Waals surface area contributed by atoms with Crippen LogP contribution in [0.25, 0.3) is 0 Å². The highest BCUT2D eigenvalue weighted by Crippen LogP contribution is 2.21. The number of carboxylic acid groups (broad SMARTS) is 1. The molecule has 0 atom stereocenters. The van der Waals surface area contributed by atoms with Gasteiger partial charge < -0.3 is 19.6 Å². The van der Waals surface area contributed by atoms with Crippen molar-refractivity contribution in [2.24, 2.45) is 0 Å². The van der Waals surface area contributed by atoms with Gasteiger partial charge in [0, 0.05) is 39.3 Å². The minimum absolute atomic E-state index is 0.0705. The van der Waals surface area contributed by atoms with Crippen molar-refractivity contribution < 1.29 is 19.4 Å². The van der Waals surface area contributed by atoms with Gasteiger partial charge in [0.25, 0.3) is 0 Å². The molecule has 7 nitrogen and oxygen atoms in total. The van der Waals surface area contributed by atoms with Crippen molar-refractivity contribution in [2.75, 3.05) is 52.5 Å². The summed E-state index contributed by atoms with van der Waals surface area (Å²) in [5.74, 6) is -0.774. The van der Waals surface area contributed by atoms with Gasteiger partial charge in [0.05, 0.1) is 25.2 Å². The minimum Gasteiger partial charge on any atom is -0.481 e. The van der Waals surface area contributed by atoms with Crippen molar-refractivity contribution in [3.63, 3.8) is 0 Å². The molecule has 0 aromatic heterocycles. The molecule has 120 valence electrons. The molecule has 2 aliphatic rings. The summed E-state index contributed by atoms with van der Waals surface area (Å²) in [6, 6.07) is 0.0705. The molecule has 2 rings (SSSR count). The van der Waals surface area contributed by atoms with Crippen molar-refractivity contribution in [1.82, 2.24) is 14.7 Å². The number of rotatable bonds is 3. The van der Waals surface area contributed by atoms with E-state index in [9.17, 15) is 9.59 Å². The second-order valence-corrected chi connectivity index (χ2v) is 6.27. The highest BCUT2D eigenvalue weighted by atomic mass is 16.5. The number of urea groups is 1. The Hall–Kier alpha value is -1.34. The van der Waals surface area contributed by atoms with Gasteiger partial charge in [0.15, 0.2) is 0 Å². The molecule has 1 N–H and O–H groups in total. The number of carbonyl (C=O) groups excluding carboxylic acids is 1. The van der Waals surface area contributed by atoms with E-state index < -0.39 is 5.97 Å². The molecule has 21 heavy (non-hydrogen) atoms. The Morgan fingerprint density at radius 1 is 1.14 bits per heavy atom. The second kappa shape index (κ2) is 6.62. The number of hydrogen-bond donors (Lipinski definition) is 1. The van der Waals surface area contributed by atoms with Gasteiger partial charge in [0.2, 0.25) is 0 Å². The summed E-state index contributed by atoms with van der Waals surface area (Å²) in [5.41, 5.74) is -0.268. The van der Waals surface area contributed by atoms with Gasteiger partial charge in [-0.25, -0.2) is 4.79 Å². The van der Waals surface area contributed by atoms with Crippen LogP contribution in [0.15, 0.2) is 0 Å². The largest absolute Gasteiger partial charge is 0.481 e. The Balaban J connectivity index is 1.84. The molecule has 7 heteroatoms. The number of nitrogens with zero attached hydrogens (tertiary/aromatic N) is 3. The van der Waals surface area contributed by atoms with Crippen LogP contribution in [0.3, 0.4) is 0 Å². The van der Waals surface area contributed by atoms with E-state index in [1.54, 1.807) is 0 Å². The van der Waals surface area contributed by atoms with E-state index in [-0.39, 0.29) is 18.0 Å². The maximum absolute atomic E-state index is 12.6. The smallest absolute Gasteiger partial charge is 0.320 e. The van der Waals surface area contributed by atoms with Crippen molar-refractivity contribution in [2.45, 2.75) is 25.8 Å². The van der Waals surface area contributed by atoms with Crippen LogP contribution in [0, 0.1) is 0 Å². The third kappa shape index (κ3) is 4.07. The maximum atomic E-state index is 12.6. The Morgan fingerprint density at radius 2 is 1.81 bits per heavy atom. The molecular formula is C14H25N3O4.